The molecule has 0 aromatic rings. The minimum atomic E-state index is -0.887. The van der Waals surface area contributed by atoms with E-state index in [1.54, 1.807) is 0 Å². The molecule has 0 heterocycles. The van der Waals surface area contributed by atoms with Crippen molar-refractivity contribution in [2.45, 2.75) is 32.1 Å². The molecule has 0 atom stereocenters. The first-order valence-electron chi connectivity index (χ1n) is 3.49. The van der Waals surface area contributed by atoms with Gasteiger partial charge in [0.1, 0.15) is 0 Å². The van der Waals surface area contributed by atoms with E-state index in [1.165, 1.54) is 12.8 Å². The van der Waals surface area contributed by atoms with Crippen LogP contribution in [0.3, 0.4) is 0 Å². The van der Waals surface area contributed by atoms with Crippen LogP contribution in [0.15, 0.2) is 0 Å². The van der Waals surface area contributed by atoms with Crippen LogP contribution in [0, 0.1) is 5.92 Å². The van der Waals surface area contributed by atoms with E-state index < -0.39 is 5.97 Å². The predicted octanol–water partition coefficient (Wildman–Crippen LogP) is 1.52. The summed E-state index contributed by atoms with van der Waals surface area (Å²) in [7, 11) is 0. The Bertz CT molecular complexity index is 103. The van der Waals surface area contributed by atoms with E-state index in [1.807, 2.05) is 0 Å². The van der Waals surface area contributed by atoms with Crippen LogP contribution in [0.25, 0.3) is 0 Å². The van der Waals surface area contributed by atoms with Crippen molar-refractivity contribution < 1.29 is 9.90 Å². The highest BCUT2D eigenvalue weighted by Crippen LogP contribution is 2.27. The van der Waals surface area contributed by atoms with Gasteiger partial charge in [0.25, 0.3) is 0 Å². The summed E-state index contributed by atoms with van der Waals surface area (Å²) in [6.07, 6.45) is 4.87. The largest absolute Gasteiger partial charge is 0.355 e. The van der Waals surface area contributed by atoms with Crippen molar-refractivity contribution in [2.75, 3.05) is 0 Å². The monoisotopic (exact) mass is 127 g/mol. The summed E-state index contributed by atoms with van der Waals surface area (Å²) in [6.45, 7) is 0. The van der Waals surface area contributed by atoms with Crippen molar-refractivity contribution in [2.24, 2.45) is 5.92 Å². The van der Waals surface area contributed by atoms with E-state index >= 15 is 0 Å². The highest BCUT2D eigenvalue weighted by atomic mass is 16.4. The third-order valence-electron chi connectivity index (χ3n) is 1.93. The fourth-order valence-electron chi connectivity index (χ4n) is 1.45. The van der Waals surface area contributed by atoms with E-state index in [0.717, 1.165) is 12.8 Å². The molecule has 1 aliphatic carbocycles. The van der Waals surface area contributed by atoms with Crippen LogP contribution >= 0.6 is 0 Å². The molecule has 0 aromatic carbocycles. The van der Waals surface area contributed by atoms with E-state index in [0.29, 0.717) is 5.92 Å². The first-order valence-corrected chi connectivity index (χ1v) is 3.49. The molecule has 1 saturated carbocycles. The van der Waals surface area contributed by atoms with Gasteiger partial charge in [-0.3, -0.25) is 0 Å². The molecule has 9 heavy (non-hydrogen) atoms. The Morgan fingerprint density at radius 2 is 1.89 bits per heavy atom. The molecule has 2 heteroatoms. The SMILES string of the molecule is [O]C(=O)CC1CCCC1. The van der Waals surface area contributed by atoms with Crippen LogP contribution in [0.5, 0.6) is 0 Å². The molecular weight excluding hydrogens is 116 g/mol. The number of carbonyl (C=O) groups excluding carboxylic acids is 1. The highest BCUT2D eigenvalue weighted by Gasteiger charge is 2.18. The molecule has 0 N–H and O–H groups in total. The van der Waals surface area contributed by atoms with Gasteiger partial charge in [-0.25, -0.2) is 9.90 Å². The normalized spacial score (nSPS) is 20.4. The van der Waals surface area contributed by atoms with Crippen LogP contribution in [0.1, 0.15) is 32.1 Å². The summed E-state index contributed by atoms with van der Waals surface area (Å²) in [4.78, 5) is 10.0. The summed E-state index contributed by atoms with van der Waals surface area (Å²) < 4.78 is 0. The van der Waals surface area contributed by atoms with Gasteiger partial charge in [0.15, 0.2) is 0 Å². The Kier molecular flexibility index (Phi) is 2.09. The lowest BCUT2D eigenvalue weighted by Gasteiger charge is -2.00. The Labute approximate surface area is 54.9 Å². The third-order valence-corrected chi connectivity index (χ3v) is 1.93. The fourth-order valence-corrected chi connectivity index (χ4v) is 1.45. The van der Waals surface area contributed by atoms with Crippen molar-refractivity contribution in [3.05, 3.63) is 0 Å². The predicted molar refractivity (Wildman–Crippen MR) is 32.3 cm³/mol. The van der Waals surface area contributed by atoms with Gasteiger partial charge >= 0.3 is 5.97 Å². The molecule has 0 aliphatic heterocycles. The van der Waals surface area contributed by atoms with Crippen LogP contribution in [0.4, 0.5) is 0 Å². The van der Waals surface area contributed by atoms with E-state index in [-0.39, 0.29) is 6.42 Å². The second kappa shape index (κ2) is 2.85. The van der Waals surface area contributed by atoms with Crippen molar-refractivity contribution >= 4 is 5.97 Å². The Hall–Kier alpha value is -0.530. The topological polar surface area (TPSA) is 37.0 Å². The Morgan fingerprint density at radius 3 is 2.33 bits per heavy atom. The summed E-state index contributed by atoms with van der Waals surface area (Å²) in [6, 6.07) is 0. The molecule has 0 unspecified atom stereocenters. The molecular formula is C7H11O2. The molecule has 0 saturated heterocycles. The van der Waals surface area contributed by atoms with E-state index in [2.05, 4.69) is 0 Å². The molecule has 0 bridgehead atoms. The van der Waals surface area contributed by atoms with Gasteiger partial charge in [-0.1, -0.05) is 12.8 Å². The van der Waals surface area contributed by atoms with Crippen LogP contribution in [-0.2, 0) is 9.90 Å². The van der Waals surface area contributed by atoms with Crippen LogP contribution < -0.4 is 0 Å². The molecule has 2 nitrogen and oxygen atoms in total. The maximum Gasteiger partial charge on any atom is 0.355 e. The Balaban J connectivity index is 2.19. The average Bonchev–Trinajstić information content (AvgIpc) is 2.15. The third kappa shape index (κ3) is 2.04. The van der Waals surface area contributed by atoms with Crippen molar-refractivity contribution in [3.8, 4) is 0 Å². The number of hydrogen-bond donors (Lipinski definition) is 0. The van der Waals surface area contributed by atoms with Gasteiger partial charge in [-0.05, 0) is 18.8 Å². The van der Waals surface area contributed by atoms with Crippen molar-refractivity contribution in [3.63, 3.8) is 0 Å². The van der Waals surface area contributed by atoms with Crippen molar-refractivity contribution in [1.82, 2.24) is 0 Å². The average molecular weight is 127 g/mol. The smallest absolute Gasteiger partial charge is 0.247 e. The second-order valence-electron chi connectivity index (χ2n) is 2.73. The maximum absolute atomic E-state index is 10.0. The maximum atomic E-state index is 10.0. The molecule has 0 spiro atoms. The van der Waals surface area contributed by atoms with Crippen LogP contribution in [0.2, 0.25) is 0 Å². The standard InChI is InChI=1S/C7H11O2/c8-7(9)5-6-3-1-2-4-6/h6H,1-5H2. The molecule has 0 amide bonds. The number of carbonyl (C=O) groups is 1. The number of rotatable bonds is 2. The minimum Gasteiger partial charge on any atom is -0.247 e. The lowest BCUT2D eigenvalue weighted by atomic mass is 10.1. The van der Waals surface area contributed by atoms with Gasteiger partial charge in [-0.15, -0.1) is 0 Å². The zero-order valence-corrected chi connectivity index (χ0v) is 5.43. The van der Waals surface area contributed by atoms with E-state index in [4.69, 9.17) is 0 Å². The minimum absolute atomic E-state index is 0.278. The zero-order valence-electron chi connectivity index (χ0n) is 5.43. The summed E-state index contributed by atoms with van der Waals surface area (Å²) >= 11 is 0. The zero-order chi connectivity index (χ0) is 6.69. The lowest BCUT2D eigenvalue weighted by Crippen LogP contribution is -2.01. The molecule has 51 valence electrons. The lowest BCUT2D eigenvalue weighted by molar-refractivity contribution is -0.144. The van der Waals surface area contributed by atoms with Gasteiger partial charge in [0, 0.05) is 0 Å². The molecule has 1 rings (SSSR count). The Morgan fingerprint density at radius 1 is 1.33 bits per heavy atom. The molecule has 1 aliphatic rings. The summed E-state index contributed by atoms with van der Waals surface area (Å²) in [5.41, 5.74) is 0. The first kappa shape index (κ1) is 6.59. The highest BCUT2D eigenvalue weighted by molar-refractivity contribution is 5.66. The van der Waals surface area contributed by atoms with Gasteiger partial charge < -0.3 is 0 Å². The fraction of sp³-hybridized carbons (Fsp3) is 0.857. The molecule has 1 fully saturated rings. The van der Waals surface area contributed by atoms with Gasteiger partial charge in [0.2, 0.25) is 0 Å². The summed E-state index contributed by atoms with van der Waals surface area (Å²) in [5, 5.41) is 10.0. The number of hydrogen-bond acceptors (Lipinski definition) is 1. The van der Waals surface area contributed by atoms with Crippen LogP contribution in [-0.4, -0.2) is 5.97 Å². The van der Waals surface area contributed by atoms with Crippen molar-refractivity contribution in [1.29, 1.82) is 0 Å². The van der Waals surface area contributed by atoms with Gasteiger partial charge in [-0.2, -0.15) is 0 Å². The second-order valence-corrected chi connectivity index (χ2v) is 2.73. The first-order chi connectivity index (χ1) is 4.29. The van der Waals surface area contributed by atoms with E-state index in [9.17, 15) is 9.90 Å². The quantitative estimate of drug-likeness (QED) is 0.554. The summed E-state index contributed by atoms with van der Waals surface area (Å²) in [5.74, 6) is -0.461. The molecule has 1 radical (unpaired) electrons. The van der Waals surface area contributed by atoms with Gasteiger partial charge in [0.05, 0.1) is 6.42 Å². The molecule has 0 aromatic heterocycles.